The van der Waals surface area contributed by atoms with E-state index < -0.39 is 41.8 Å². The van der Waals surface area contributed by atoms with Gasteiger partial charge < -0.3 is 14.6 Å². The molecule has 0 saturated carbocycles. The summed E-state index contributed by atoms with van der Waals surface area (Å²) >= 11 is 0. The molecule has 3 rings (SSSR count). The molecule has 4 amide bonds. The smallest absolute Gasteiger partial charge is 0.336 e. The number of imide groups is 2. The van der Waals surface area contributed by atoms with Crippen molar-refractivity contribution in [1.29, 1.82) is 0 Å². The first-order valence-corrected chi connectivity index (χ1v) is 7.96. The van der Waals surface area contributed by atoms with E-state index in [0.29, 0.717) is 4.90 Å². The average molecular weight is 383 g/mol. The maximum Gasteiger partial charge on any atom is 0.336 e. The quantitative estimate of drug-likeness (QED) is 0.598. The molecule has 0 radical (unpaired) electrons. The largest absolute Gasteiger partial charge is 0.546 e. The van der Waals surface area contributed by atoms with Gasteiger partial charge in [0.2, 0.25) is 0 Å². The van der Waals surface area contributed by atoms with Crippen LogP contribution in [-0.4, -0.2) is 30.4 Å². The Balaban J connectivity index is 2.01. The van der Waals surface area contributed by atoms with E-state index in [1.54, 1.807) is 12.1 Å². The number of amides is 4. The van der Waals surface area contributed by atoms with Crippen molar-refractivity contribution >= 4 is 35.6 Å². The Bertz CT molecular complexity index is 1020. The van der Waals surface area contributed by atoms with E-state index in [-0.39, 0.29) is 17.0 Å². The third-order valence-electron chi connectivity index (χ3n) is 3.76. The summed E-state index contributed by atoms with van der Waals surface area (Å²) in [6.07, 6.45) is 1.13. The number of nitrogens with zero attached hydrogens (tertiary/aromatic N) is 1. The molecule has 0 bridgehead atoms. The fourth-order valence-corrected chi connectivity index (χ4v) is 2.53. The van der Waals surface area contributed by atoms with Crippen LogP contribution in [0.5, 0.6) is 5.75 Å². The third kappa shape index (κ3) is 3.73. The number of barbiturate groups is 1. The van der Waals surface area contributed by atoms with E-state index in [0.717, 1.165) is 12.1 Å². The Morgan fingerprint density at radius 3 is 2.50 bits per heavy atom. The first-order valence-electron chi connectivity index (χ1n) is 7.96. The van der Waals surface area contributed by atoms with Crippen molar-refractivity contribution in [2.24, 2.45) is 0 Å². The van der Waals surface area contributed by atoms with Crippen LogP contribution in [0.2, 0.25) is 0 Å². The minimum Gasteiger partial charge on any atom is -0.546 e. The van der Waals surface area contributed by atoms with Gasteiger partial charge in [0.25, 0.3) is 11.8 Å². The lowest BCUT2D eigenvalue weighted by Gasteiger charge is -2.26. The number of carbonyl (C=O) groups excluding carboxylic acids is 4. The summed E-state index contributed by atoms with van der Waals surface area (Å²) in [5, 5.41) is 12.6. The Labute approximate surface area is 157 Å². The number of ether oxygens (including phenoxy) is 1. The molecule has 142 valence electrons. The highest BCUT2D eigenvalue weighted by atomic mass is 19.1. The molecule has 2 aromatic rings. The van der Waals surface area contributed by atoms with Crippen LogP contribution in [0.1, 0.15) is 5.56 Å². The molecule has 0 spiro atoms. The average Bonchev–Trinajstić information content (AvgIpc) is 2.65. The second-order valence-electron chi connectivity index (χ2n) is 5.61. The Morgan fingerprint density at radius 2 is 1.79 bits per heavy atom. The van der Waals surface area contributed by atoms with Crippen LogP contribution in [-0.2, 0) is 14.4 Å². The molecule has 1 N–H and O–H groups in total. The number of urea groups is 1. The van der Waals surface area contributed by atoms with Crippen molar-refractivity contribution in [3.05, 3.63) is 65.5 Å². The molecule has 0 aromatic heterocycles. The summed E-state index contributed by atoms with van der Waals surface area (Å²) in [5.41, 5.74) is -0.553. The van der Waals surface area contributed by atoms with Crippen LogP contribution in [0, 0.1) is 5.82 Å². The Morgan fingerprint density at radius 1 is 1.11 bits per heavy atom. The highest BCUT2D eigenvalue weighted by molar-refractivity contribution is 6.39. The zero-order chi connectivity index (χ0) is 20.3. The maximum atomic E-state index is 14.1. The SMILES string of the molecule is O=C([O-])COc1ccccc1/C=C1/C(=O)NC(=O)N(c2ccccc2F)C1=O. The van der Waals surface area contributed by atoms with Crippen molar-refractivity contribution in [2.75, 3.05) is 11.5 Å². The molecule has 1 fully saturated rings. The van der Waals surface area contributed by atoms with Gasteiger partial charge in [-0.1, -0.05) is 30.3 Å². The molecule has 0 unspecified atom stereocenters. The first-order chi connectivity index (χ1) is 13.4. The van der Waals surface area contributed by atoms with Gasteiger partial charge in [-0.25, -0.2) is 14.1 Å². The first kappa shape index (κ1) is 18.8. The molecule has 1 aliphatic rings. The molecule has 0 aliphatic carbocycles. The predicted octanol–water partition coefficient (Wildman–Crippen LogP) is 0.621. The van der Waals surface area contributed by atoms with Gasteiger partial charge >= 0.3 is 6.03 Å². The number of benzene rings is 2. The van der Waals surface area contributed by atoms with Crippen molar-refractivity contribution < 1.29 is 33.4 Å². The minimum absolute atomic E-state index is 0.0779. The number of aliphatic carboxylic acids is 1. The highest BCUT2D eigenvalue weighted by Crippen LogP contribution is 2.26. The number of rotatable bonds is 5. The van der Waals surface area contributed by atoms with Crippen molar-refractivity contribution in [2.45, 2.75) is 0 Å². The number of nitrogens with one attached hydrogen (secondary N) is 1. The van der Waals surface area contributed by atoms with E-state index >= 15 is 0 Å². The van der Waals surface area contributed by atoms with Gasteiger partial charge in [-0.3, -0.25) is 14.9 Å². The molecular weight excluding hydrogens is 371 g/mol. The van der Waals surface area contributed by atoms with Crippen molar-refractivity contribution in [3.63, 3.8) is 0 Å². The molecule has 1 saturated heterocycles. The monoisotopic (exact) mass is 383 g/mol. The fourth-order valence-electron chi connectivity index (χ4n) is 2.53. The summed E-state index contributed by atoms with van der Waals surface area (Å²) in [5.74, 6) is -4.21. The van der Waals surface area contributed by atoms with E-state index in [2.05, 4.69) is 0 Å². The van der Waals surface area contributed by atoms with E-state index in [4.69, 9.17) is 4.74 Å². The maximum absolute atomic E-state index is 14.1. The fraction of sp³-hybridized carbons (Fsp3) is 0.0526. The zero-order valence-electron chi connectivity index (χ0n) is 14.2. The molecule has 9 heteroatoms. The van der Waals surface area contributed by atoms with Crippen LogP contribution in [0.15, 0.2) is 54.1 Å². The van der Waals surface area contributed by atoms with Crippen LogP contribution in [0.25, 0.3) is 6.08 Å². The lowest BCUT2D eigenvalue weighted by atomic mass is 10.1. The predicted molar refractivity (Wildman–Crippen MR) is 92.3 cm³/mol. The van der Waals surface area contributed by atoms with Crippen molar-refractivity contribution in [1.82, 2.24) is 5.32 Å². The summed E-state index contributed by atoms with van der Waals surface area (Å²) in [7, 11) is 0. The van der Waals surface area contributed by atoms with Crippen LogP contribution < -0.4 is 20.1 Å². The van der Waals surface area contributed by atoms with Gasteiger partial charge in [0.1, 0.15) is 23.7 Å². The standard InChI is InChI=1S/C19H13FN2O6/c20-13-6-2-3-7-14(13)22-18(26)12(17(25)21-19(22)27)9-11-5-1-4-8-15(11)28-10-16(23)24/h1-9H,10H2,(H,23,24)(H,21,25,27)/p-1/b12-9-. The molecule has 8 nitrogen and oxygen atoms in total. The van der Waals surface area contributed by atoms with Gasteiger partial charge in [-0.05, 0) is 24.3 Å². The molecule has 28 heavy (non-hydrogen) atoms. The van der Waals surface area contributed by atoms with Gasteiger partial charge in [0.15, 0.2) is 0 Å². The molecule has 1 heterocycles. The topological polar surface area (TPSA) is 116 Å². The van der Waals surface area contributed by atoms with E-state index in [9.17, 15) is 28.7 Å². The third-order valence-corrected chi connectivity index (χ3v) is 3.76. The second kappa shape index (κ2) is 7.70. The van der Waals surface area contributed by atoms with Gasteiger partial charge in [-0.2, -0.15) is 0 Å². The van der Waals surface area contributed by atoms with E-state index in [1.807, 2.05) is 5.32 Å². The summed E-state index contributed by atoms with van der Waals surface area (Å²) < 4.78 is 19.1. The number of para-hydroxylation sites is 2. The van der Waals surface area contributed by atoms with Crippen LogP contribution in [0.4, 0.5) is 14.9 Å². The van der Waals surface area contributed by atoms with Crippen LogP contribution >= 0.6 is 0 Å². The minimum atomic E-state index is -1.45. The summed E-state index contributed by atoms with van der Waals surface area (Å²) in [6, 6.07) is 10.1. The lowest BCUT2D eigenvalue weighted by Crippen LogP contribution is -2.54. The second-order valence-corrected chi connectivity index (χ2v) is 5.61. The number of halogens is 1. The van der Waals surface area contributed by atoms with Crippen molar-refractivity contribution in [3.8, 4) is 5.75 Å². The number of carboxylic acids is 1. The zero-order valence-corrected chi connectivity index (χ0v) is 14.2. The van der Waals surface area contributed by atoms with Gasteiger partial charge in [0.05, 0.1) is 11.7 Å². The lowest BCUT2D eigenvalue weighted by molar-refractivity contribution is -0.307. The van der Waals surface area contributed by atoms with E-state index in [1.165, 1.54) is 30.3 Å². The number of carbonyl (C=O) groups is 4. The molecule has 2 aromatic carbocycles. The van der Waals surface area contributed by atoms with Gasteiger partial charge in [0, 0.05) is 5.56 Å². The number of hydrogen-bond donors (Lipinski definition) is 1. The summed E-state index contributed by atoms with van der Waals surface area (Å²) in [4.78, 5) is 48.1. The number of hydrogen-bond acceptors (Lipinski definition) is 6. The molecular formula is C19H12FN2O6-. The normalized spacial score (nSPS) is 15.5. The van der Waals surface area contributed by atoms with Crippen LogP contribution in [0.3, 0.4) is 0 Å². The Kier molecular flexibility index (Phi) is 5.16. The number of anilines is 1. The summed E-state index contributed by atoms with van der Waals surface area (Å²) in [6.45, 7) is -0.736. The Hall–Kier alpha value is -4.01. The number of carboxylic acid groups (broad SMARTS) is 1. The molecule has 0 atom stereocenters. The highest BCUT2D eigenvalue weighted by Gasteiger charge is 2.38. The van der Waals surface area contributed by atoms with Gasteiger partial charge in [-0.15, -0.1) is 0 Å². The molecule has 1 aliphatic heterocycles.